The van der Waals surface area contributed by atoms with Crippen molar-refractivity contribution in [3.05, 3.63) is 0 Å². The maximum Gasteiger partial charge on any atom is 0.334 e. The highest BCUT2D eigenvalue weighted by Gasteiger charge is 2.29. The van der Waals surface area contributed by atoms with Crippen LogP contribution in [0, 0.1) is 0 Å². The first-order valence-corrected chi connectivity index (χ1v) is 10.4. The van der Waals surface area contributed by atoms with Crippen LogP contribution < -0.4 is 5.59 Å². The van der Waals surface area contributed by atoms with E-state index in [9.17, 15) is 4.57 Å². The summed E-state index contributed by atoms with van der Waals surface area (Å²) in [7, 11) is -1.65. The molecule has 17 heavy (non-hydrogen) atoms. The van der Waals surface area contributed by atoms with Gasteiger partial charge in [0.05, 0.1) is 6.61 Å². The minimum Gasteiger partial charge on any atom is -0.395 e. The van der Waals surface area contributed by atoms with Crippen LogP contribution in [0.4, 0.5) is 0 Å². The van der Waals surface area contributed by atoms with Crippen molar-refractivity contribution in [2.45, 2.75) is 32.9 Å². The van der Waals surface area contributed by atoms with Crippen molar-refractivity contribution < 1.29 is 18.3 Å². The van der Waals surface area contributed by atoms with Gasteiger partial charge in [-0.1, -0.05) is 5.59 Å². The third-order valence-electron chi connectivity index (χ3n) is 1.96. The lowest BCUT2D eigenvalue weighted by atomic mass is 10.5. The molecule has 0 heterocycles. The minimum atomic E-state index is -2.02. The van der Waals surface area contributed by atoms with Gasteiger partial charge in [0.1, 0.15) is 8.06 Å². The van der Waals surface area contributed by atoms with Crippen LogP contribution in [-0.4, -0.2) is 28.4 Å². The summed E-state index contributed by atoms with van der Waals surface area (Å²) in [6, 6.07) is 0.883. The second kappa shape index (κ2) is 11.4. The van der Waals surface area contributed by atoms with E-state index in [0.29, 0.717) is 27.9 Å². The summed E-state index contributed by atoms with van der Waals surface area (Å²) in [4.78, 5) is 8.65. The summed E-state index contributed by atoms with van der Waals surface area (Å²) in [5, 5.41) is 0. The van der Waals surface area contributed by atoms with Crippen LogP contribution in [0.2, 0.25) is 12.6 Å². The number of nitrogens with one attached hydrogen (secondary N) is 1. The van der Waals surface area contributed by atoms with Crippen molar-refractivity contribution in [1.82, 2.24) is 5.59 Å². The summed E-state index contributed by atoms with van der Waals surface area (Å²) in [5.74, 6) is 0. The van der Waals surface area contributed by atoms with Crippen molar-refractivity contribution >= 4 is 24.8 Å². The lowest BCUT2D eigenvalue weighted by Crippen LogP contribution is -2.38. The number of nitrogens with zero attached hydrogens (tertiary/aromatic N) is 1. The van der Waals surface area contributed by atoms with Crippen molar-refractivity contribution in [3.63, 3.8) is 0 Å². The monoisotopic (exact) mass is 298 g/mol. The fourth-order valence-electron chi connectivity index (χ4n) is 1.37. The largest absolute Gasteiger partial charge is 0.395 e. The molecule has 6 nitrogen and oxygen atoms in total. The molecule has 0 fully saturated rings. The van der Waals surface area contributed by atoms with Crippen LogP contribution in [0.5, 0.6) is 0 Å². The second-order valence-corrected chi connectivity index (χ2v) is 8.23. The molecule has 0 aliphatic rings. The Balaban J connectivity index is 3.67. The zero-order valence-corrected chi connectivity index (χ0v) is 13.3. The number of rotatable bonds is 11. The molecule has 100 valence electrons. The Labute approximate surface area is 107 Å². The molecule has 0 saturated carbocycles. The topological polar surface area (TPSA) is 69.2 Å². The van der Waals surface area contributed by atoms with Gasteiger partial charge in [-0.2, -0.15) is 0 Å². The highest BCUT2D eigenvalue weighted by molar-refractivity contribution is 8.00. The van der Waals surface area contributed by atoms with Crippen LogP contribution in [0.1, 0.15) is 20.3 Å². The van der Waals surface area contributed by atoms with Gasteiger partial charge in [-0.25, -0.2) is 0 Å². The van der Waals surface area contributed by atoms with Crippen molar-refractivity contribution in [2.75, 3.05) is 19.8 Å². The molecule has 0 aliphatic heterocycles. The highest BCUT2D eigenvalue weighted by atomic mass is 32.0. The van der Waals surface area contributed by atoms with Crippen LogP contribution >= 0.6 is 16.2 Å². The van der Waals surface area contributed by atoms with Gasteiger partial charge in [-0.3, -0.25) is 9.40 Å². The average Bonchev–Trinajstić information content (AvgIpc) is 2.28. The smallest absolute Gasteiger partial charge is 0.334 e. The predicted octanol–water partition coefficient (Wildman–Crippen LogP) is 3.29. The summed E-state index contributed by atoms with van der Waals surface area (Å²) in [6.45, 7) is 7.90. The fraction of sp³-hybridized carbons (Fsp3) is 1.00. The molecule has 9 heteroatoms. The highest BCUT2D eigenvalue weighted by Crippen LogP contribution is 2.16. The molecule has 0 amide bonds. The van der Waals surface area contributed by atoms with Crippen LogP contribution in [-0.2, 0) is 18.3 Å². The predicted molar refractivity (Wildman–Crippen MR) is 70.3 cm³/mol. The summed E-state index contributed by atoms with van der Waals surface area (Å²) in [5.41, 5.74) is 2.38. The summed E-state index contributed by atoms with van der Waals surface area (Å²) >= 11 is 0. The Hall–Kier alpha value is 0.257. The molecule has 0 atom stereocenters. The molecule has 0 radical (unpaired) electrons. The molecule has 0 unspecified atom stereocenters. The molecule has 0 rings (SSSR count). The van der Waals surface area contributed by atoms with Gasteiger partial charge in [-0.15, -0.1) is 4.85 Å². The third-order valence-corrected chi connectivity index (χ3v) is 5.76. The van der Waals surface area contributed by atoms with Gasteiger partial charge in [0.15, 0.2) is 0 Å². The van der Waals surface area contributed by atoms with Gasteiger partial charge in [0, 0.05) is 13.2 Å². The van der Waals surface area contributed by atoms with E-state index in [2.05, 4.69) is 17.0 Å². The maximum atomic E-state index is 10.0. The first-order valence-electron chi connectivity index (χ1n) is 5.55. The molecular weight excluding hydrogens is 278 g/mol. The van der Waals surface area contributed by atoms with Crippen molar-refractivity contribution in [3.8, 4) is 0 Å². The Morgan fingerprint density at radius 2 is 1.94 bits per heavy atom. The van der Waals surface area contributed by atoms with Gasteiger partial charge >= 0.3 is 8.56 Å². The molecule has 0 spiro atoms. The third kappa shape index (κ3) is 9.91. The van der Waals surface area contributed by atoms with E-state index in [1.165, 1.54) is 0 Å². The van der Waals surface area contributed by atoms with E-state index in [1.54, 1.807) is 0 Å². The minimum absolute atomic E-state index is 0.0484. The molecular formula is C8H20N2O4P2Si. The zero-order valence-electron chi connectivity index (χ0n) is 10.5. The quantitative estimate of drug-likeness (QED) is 0.274. The Bertz CT molecular complexity index is 228. The molecule has 0 aliphatic carbocycles. The molecule has 0 aromatic rings. The fourth-order valence-corrected chi connectivity index (χ4v) is 4.10. The summed E-state index contributed by atoms with van der Waals surface area (Å²) in [6.07, 6.45) is 0.844. The average molecular weight is 298 g/mol. The SMILES string of the molecule is CCO[Si](C)(CCCON/N=P/P=O)OCC. The van der Waals surface area contributed by atoms with Gasteiger partial charge < -0.3 is 8.85 Å². The molecule has 0 bridgehead atoms. The molecule has 0 aromatic carbocycles. The maximum absolute atomic E-state index is 10.0. The van der Waals surface area contributed by atoms with E-state index in [0.717, 1.165) is 12.5 Å². The normalized spacial score (nSPS) is 12.6. The Morgan fingerprint density at radius 3 is 2.47 bits per heavy atom. The Morgan fingerprint density at radius 1 is 1.29 bits per heavy atom. The van der Waals surface area contributed by atoms with E-state index < -0.39 is 8.56 Å². The lowest BCUT2D eigenvalue weighted by molar-refractivity contribution is 0.0437. The number of hydrogen-bond donors (Lipinski definition) is 1. The first-order chi connectivity index (χ1) is 8.18. The summed E-state index contributed by atoms with van der Waals surface area (Å²) < 4.78 is 21.4. The zero-order chi connectivity index (χ0) is 13.0. The lowest BCUT2D eigenvalue weighted by Gasteiger charge is -2.25. The Kier molecular flexibility index (Phi) is 11.5. The van der Waals surface area contributed by atoms with Crippen LogP contribution in [0.15, 0.2) is 4.85 Å². The van der Waals surface area contributed by atoms with E-state index in [-0.39, 0.29) is 8.15 Å². The van der Waals surface area contributed by atoms with Crippen molar-refractivity contribution in [1.29, 1.82) is 0 Å². The van der Waals surface area contributed by atoms with E-state index in [4.69, 9.17) is 13.7 Å². The molecule has 0 aromatic heterocycles. The van der Waals surface area contributed by atoms with Gasteiger partial charge in [0.25, 0.3) is 0 Å². The molecule has 1 N–H and O–H groups in total. The number of hydrogen-bond acceptors (Lipinski definition) is 5. The van der Waals surface area contributed by atoms with Crippen molar-refractivity contribution in [2.24, 2.45) is 4.85 Å². The standard InChI is InChI=1S/C8H20N2O4P2Si/c1-4-13-17(3,14-5-2)8-6-7-12-9-10-15-16-11/h9H,4-8H2,1-3H3. The first kappa shape index (κ1) is 17.3. The van der Waals surface area contributed by atoms with E-state index in [1.807, 2.05) is 13.8 Å². The second-order valence-electron chi connectivity index (χ2n) is 3.31. The van der Waals surface area contributed by atoms with Crippen LogP contribution in [0.25, 0.3) is 0 Å². The van der Waals surface area contributed by atoms with Crippen LogP contribution in [0.3, 0.4) is 0 Å². The van der Waals surface area contributed by atoms with E-state index >= 15 is 0 Å². The van der Waals surface area contributed by atoms with Gasteiger partial charge in [0.2, 0.25) is 8.15 Å². The molecule has 0 saturated heterocycles. The van der Waals surface area contributed by atoms with Gasteiger partial charge in [-0.05, 0) is 32.9 Å².